The third-order valence-corrected chi connectivity index (χ3v) is 3.81. The number of nitrogens with one attached hydrogen (secondary N) is 1. The van der Waals surface area contributed by atoms with Crippen LogP contribution in [0.1, 0.15) is 18.4 Å². The van der Waals surface area contributed by atoms with Crippen molar-refractivity contribution in [3.8, 4) is 0 Å². The molecule has 0 bridgehead atoms. The zero-order chi connectivity index (χ0) is 12.1. The van der Waals surface area contributed by atoms with Gasteiger partial charge in [-0.25, -0.2) is 0 Å². The van der Waals surface area contributed by atoms with Crippen LogP contribution < -0.4 is 5.32 Å². The van der Waals surface area contributed by atoms with Gasteiger partial charge < -0.3 is 10.2 Å². The van der Waals surface area contributed by atoms with E-state index in [1.807, 2.05) is 0 Å². The van der Waals surface area contributed by atoms with Crippen molar-refractivity contribution >= 4 is 16.5 Å². The first-order valence-corrected chi connectivity index (χ1v) is 7.06. The lowest BCUT2D eigenvalue weighted by Crippen LogP contribution is -2.43. The lowest BCUT2D eigenvalue weighted by molar-refractivity contribution is 0.148. The summed E-state index contributed by atoms with van der Waals surface area (Å²) in [6.07, 6.45) is 1.12. The number of likely N-dealkylation sites (N-methyl/N-ethyl adjacent to an activating group) is 1. The lowest BCUT2D eigenvalue weighted by atomic mass is 10.3. The summed E-state index contributed by atoms with van der Waals surface area (Å²) in [6.45, 7) is 8.64. The fourth-order valence-electron chi connectivity index (χ4n) is 1.82. The third kappa shape index (κ3) is 3.90. The second-order valence-corrected chi connectivity index (χ2v) is 5.57. The van der Waals surface area contributed by atoms with Crippen molar-refractivity contribution in [2.45, 2.75) is 19.9 Å². The minimum absolute atomic E-state index is 0.944. The molecule has 0 aliphatic carbocycles. The summed E-state index contributed by atoms with van der Waals surface area (Å²) in [4.78, 5) is 4.81. The molecule has 5 nitrogen and oxygen atoms in total. The molecule has 0 amide bonds. The van der Waals surface area contributed by atoms with Crippen LogP contribution in [0.15, 0.2) is 0 Å². The topological polar surface area (TPSA) is 44.3 Å². The predicted octanol–water partition coefficient (Wildman–Crippen LogP) is 1.11. The van der Waals surface area contributed by atoms with Crippen molar-refractivity contribution in [1.82, 2.24) is 20.0 Å². The molecule has 0 saturated carbocycles. The number of hydrogen-bond donors (Lipinski definition) is 1. The van der Waals surface area contributed by atoms with Crippen LogP contribution >= 0.6 is 11.3 Å². The SMILES string of the molecule is CCCNc1nnc(CN2CCN(C)CC2)s1. The summed E-state index contributed by atoms with van der Waals surface area (Å²) in [5, 5.41) is 13.7. The van der Waals surface area contributed by atoms with Crippen molar-refractivity contribution in [3.63, 3.8) is 0 Å². The molecule has 1 fully saturated rings. The Hall–Kier alpha value is -0.720. The van der Waals surface area contributed by atoms with E-state index in [9.17, 15) is 0 Å². The Morgan fingerprint density at radius 3 is 2.71 bits per heavy atom. The van der Waals surface area contributed by atoms with Crippen molar-refractivity contribution in [1.29, 1.82) is 0 Å². The molecule has 1 aromatic heterocycles. The normalized spacial score (nSPS) is 18.5. The van der Waals surface area contributed by atoms with Crippen LogP contribution in [0.25, 0.3) is 0 Å². The minimum Gasteiger partial charge on any atom is -0.360 e. The first kappa shape index (κ1) is 12.7. The largest absolute Gasteiger partial charge is 0.360 e. The molecule has 17 heavy (non-hydrogen) atoms. The summed E-state index contributed by atoms with van der Waals surface area (Å²) in [7, 11) is 2.18. The number of rotatable bonds is 5. The van der Waals surface area contributed by atoms with E-state index in [0.29, 0.717) is 0 Å². The van der Waals surface area contributed by atoms with Crippen molar-refractivity contribution < 1.29 is 0 Å². The van der Waals surface area contributed by atoms with E-state index in [-0.39, 0.29) is 0 Å². The second kappa shape index (κ2) is 6.28. The number of hydrogen-bond acceptors (Lipinski definition) is 6. The lowest BCUT2D eigenvalue weighted by Gasteiger charge is -2.31. The highest BCUT2D eigenvalue weighted by Gasteiger charge is 2.15. The Balaban J connectivity index is 1.80. The number of piperazine rings is 1. The zero-order valence-electron chi connectivity index (χ0n) is 10.6. The van der Waals surface area contributed by atoms with Crippen LogP contribution in [0.4, 0.5) is 5.13 Å². The van der Waals surface area contributed by atoms with Crippen LogP contribution in [0.3, 0.4) is 0 Å². The standard InChI is InChI=1S/C11H21N5S/c1-3-4-12-11-14-13-10(17-11)9-16-7-5-15(2)6-8-16/h3-9H2,1-2H3,(H,12,14). The fraction of sp³-hybridized carbons (Fsp3) is 0.818. The smallest absolute Gasteiger partial charge is 0.205 e. The van der Waals surface area contributed by atoms with Crippen LogP contribution in [-0.2, 0) is 6.54 Å². The maximum absolute atomic E-state index is 4.23. The Morgan fingerprint density at radius 1 is 1.24 bits per heavy atom. The average molecular weight is 255 g/mol. The summed E-state index contributed by atoms with van der Waals surface area (Å²) < 4.78 is 0. The Bertz CT molecular complexity index is 332. The number of anilines is 1. The number of nitrogens with zero attached hydrogens (tertiary/aromatic N) is 4. The van der Waals surface area contributed by atoms with E-state index in [1.54, 1.807) is 11.3 Å². The van der Waals surface area contributed by atoms with Gasteiger partial charge in [0.25, 0.3) is 0 Å². The molecule has 2 rings (SSSR count). The molecule has 1 aliphatic heterocycles. The van der Waals surface area contributed by atoms with Crippen molar-refractivity contribution in [2.24, 2.45) is 0 Å². The highest BCUT2D eigenvalue weighted by atomic mass is 32.1. The Kier molecular flexibility index (Phi) is 4.70. The van der Waals surface area contributed by atoms with Crippen molar-refractivity contribution in [3.05, 3.63) is 5.01 Å². The maximum atomic E-state index is 4.23. The zero-order valence-corrected chi connectivity index (χ0v) is 11.5. The first-order valence-electron chi connectivity index (χ1n) is 6.25. The summed E-state index contributed by atoms with van der Waals surface area (Å²) in [6, 6.07) is 0. The molecule has 0 unspecified atom stereocenters. The van der Waals surface area contributed by atoms with E-state index in [2.05, 4.69) is 39.3 Å². The molecule has 0 radical (unpaired) electrons. The monoisotopic (exact) mass is 255 g/mol. The highest BCUT2D eigenvalue weighted by Crippen LogP contribution is 2.17. The second-order valence-electron chi connectivity index (χ2n) is 4.51. The average Bonchev–Trinajstić information content (AvgIpc) is 2.77. The van der Waals surface area contributed by atoms with Gasteiger partial charge in [0.15, 0.2) is 0 Å². The van der Waals surface area contributed by atoms with Gasteiger partial charge in [0.05, 0.1) is 6.54 Å². The van der Waals surface area contributed by atoms with E-state index in [0.717, 1.165) is 55.8 Å². The highest BCUT2D eigenvalue weighted by molar-refractivity contribution is 7.15. The molecule has 0 aromatic carbocycles. The molecular formula is C11H21N5S. The molecule has 0 spiro atoms. The van der Waals surface area contributed by atoms with Gasteiger partial charge in [-0.15, -0.1) is 10.2 Å². The van der Waals surface area contributed by atoms with E-state index in [4.69, 9.17) is 0 Å². The molecule has 1 aromatic rings. The van der Waals surface area contributed by atoms with Crippen LogP contribution in [0, 0.1) is 0 Å². The van der Waals surface area contributed by atoms with Gasteiger partial charge in [0.1, 0.15) is 5.01 Å². The van der Waals surface area contributed by atoms with Gasteiger partial charge in [0.2, 0.25) is 5.13 Å². The quantitative estimate of drug-likeness (QED) is 0.854. The van der Waals surface area contributed by atoms with Crippen LogP contribution in [-0.4, -0.2) is 59.8 Å². The third-order valence-electron chi connectivity index (χ3n) is 2.95. The van der Waals surface area contributed by atoms with Gasteiger partial charge in [-0.3, -0.25) is 4.90 Å². The van der Waals surface area contributed by atoms with E-state index in [1.165, 1.54) is 0 Å². The van der Waals surface area contributed by atoms with Crippen LogP contribution in [0.5, 0.6) is 0 Å². The van der Waals surface area contributed by atoms with E-state index >= 15 is 0 Å². The predicted molar refractivity (Wildman–Crippen MR) is 71.5 cm³/mol. The molecule has 1 aliphatic rings. The molecule has 2 heterocycles. The van der Waals surface area contributed by atoms with Crippen LogP contribution in [0.2, 0.25) is 0 Å². The molecular weight excluding hydrogens is 234 g/mol. The van der Waals surface area contributed by atoms with Gasteiger partial charge in [-0.1, -0.05) is 18.3 Å². The molecule has 1 saturated heterocycles. The van der Waals surface area contributed by atoms with Gasteiger partial charge in [-0.2, -0.15) is 0 Å². The van der Waals surface area contributed by atoms with Gasteiger partial charge in [0, 0.05) is 32.7 Å². The maximum Gasteiger partial charge on any atom is 0.205 e. The molecule has 1 N–H and O–H groups in total. The Labute approximate surface area is 107 Å². The summed E-state index contributed by atoms with van der Waals surface area (Å²) >= 11 is 1.68. The Morgan fingerprint density at radius 2 is 2.00 bits per heavy atom. The first-order chi connectivity index (χ1) is 8.28. The molecule has 6 heteroatoms. The summed E-state index contributed by atoms with van der Waals surface area (Å²) in [5.74, 6) is 0. The molecule has 0 atom stereocenters. The fourth-order valence-corrected chi connectivity index (χ4v) is 2.63. The minimum atomic E-state index is 0.944. The van der Waals surface area contributed by atoms with E-state index < -0.39 is 0 Å². The van der Waals surface area contributed by atoms with Gasteiger partial charge >= 0.3 is 0 Å². The summed E-state index contributed by atoms with van der Waals surface area (Å²) in [5.41, 5.74) is 0. The number of aromatic nitrogens is 2. The van der Waals surface area contributed by atoms with Crippen molar-refractivity contribution in [2.75, 3.05) is 45.1 Å². The molecule has 96 valence electrons. The van der Waals surface area contributed by atoms with Gasteiger partial charge in [-0.05, 0) is 13.5 Å².